The lowest BCUT2D eigenvalue weighted by Crippen LogP contribution is -2.42. The van der Waals surface area contributed by atoms with Gasteiger partial charge in [-0.2, -0.15) is 0 Å². The van der Waals surface area contributed by atoms with Gasteiger partial charge in [-0.1, -0.05) is 22.0 Å². The van der Waals surface area contributed by atoms with Crippen LogP contribution in [0.25, 0.3) is 0 Å². The number of hydrogen-bond donors (Lipinski definition) is 2. The maximum atomic E-state index is 11.4. The molecule has 0 spiro atoms. The van der Waals surface area contributed by atoms with Crippen LogP contribution in [-0.2, 0) is 0 Å². The fourth-order valence-electron chi connectivity index (χ4n) is 2.60. The van der Waals surface area contributed by atoms with Crippen LogP contribution in [0.2, 0.25) is 0 Å². The van der Waals surface area contributed by atoms with E-state index in [0.717, 1.165) is 35.3 Å². The first-order valence-electron chi connectivity index (χ1n) is 7.05. The van der Waals surface area contributed by atoms with Gasteiger partial charge in [0.15, 0.2) is 5.43 Å². The van der Waals surface area contributed by atoms with E-state index in [2.05, 4.69) is 26.2 Å². The van der Waals surface area contributed by atoms with Crippen molar-refractivity contribution in [3.63, 3.8) is 0 Å². The number of halogens is 1. The number of aromatic amines is 1. The van der Waals surface area contributed by atoms with Crippen molar-refractivity contribution in [1.29, 1.82) is 0 Å². The second-order valence-electron chi connectivity index (χ2n) is 5.23. The summed E-state index contributed by atoms with van der Waals surface area (Å²) in [4.78, 5) is 14.6. The molecule has 1 aromatic carbocycles. The molecule has 21 heavy (non-hydrogen) atoms. The predicted molar refractivity (Wildman–Crippen MR) is 85.6 cm³/mol. The monoisotopic (exact) mass is 348 g/mol. The molecule has 0 radical (unpaired) electrons. The van der Waals surface area contributed by atoms with Gasteiger partial charge in [-0.15, -0.1) is 0 Å². The lowest BCUT2D eigenvalue weighted by atomic mass is 9.95. The average molecular weight is 349 g/mol. The van der Waals surface area contributed by atoms with E-state index in [9.17, 15) is 4.79 Å². The Kier molecular flexibility index (Phi) is 4.41. The summed E-state index contributed by atoms with van der Waals surface area (Å²) in [5, 5.41) is 3.40. The molecule has 1 aliphatic rings. The molecular formula is C16H17BrN2O2. The Balaban J connectivity index is 1.59. The number of nitrogens with one attached hydrogen (secondary N) is 2. The molecule has 2 unspecified atom stereocenters. The third-order valence-corrected chi connectivity index (χ3v) is 4.17. The Morgan fingerprint density at radius 2 is 2.10 bits per heavy atom. The van der Waals surface area contributed by atoms with Crippen LogP contribution in [0.15, 0.2) is 51.9 Å². The summed E-state index contributed by atoms with van der Waals surface area (Å²) in [6.07, 6.45) is 3.63. The highest BCUT2D eigenvalue weighted by Gasteiger charge is 2.23. The van der Waals surface area contributed by atoms with Crippen molar-refractivity contribution in [2.75, 3.05) is 6.54 Å². The first-order valence-corrected chi connectivity index (χ1v) is 7.84. The van der Waals surface area contributed by atoms with Crippen molar-refractivity contribution in [2.24, 2.45) is 0 Å². The number of hydrogen-bond acceptors (Lipinski definition) is 3. The molecule has 0 saturated carbocycles. The van der Waals surface area contributed by atoms with Gasteiger partial charge < -0.3 is 9.72 Å². The van der Waals surface area contributed by atoms with Crippen LogP contribution in [0, 0.1) is 0 Å². The van der Waals surface area contributed by atoms with Gasteiger partial charge in [-0.05, 0) is 31.0 Å². The maximum Gasteiger partial charge on any atom is 0.181 e. The highest BCUT2D eigenvalue weighted by atomic mass is 79.9. The van der Waals surface area contributed by atoms with E-state index in [-0.39, 0.29) is 11.7 Å². The molecule has 1 saturated heterocycles. The summed E-state index contributed by atoms with van der Waals surface area (Å²) in [7, 11) is 0. The number of rotatable bonds is 3. The molecule has 3 rings (SSSR count). The molecular weight excluding hydrogens is 332 g/mol. The van der Waals surface area contributed by atoms with E-state index in [4.69, 9.17) is 4.74 Å². The third-order valence-electron chi connectivity index (χ3n) is 3.68. The van der Waals surface area contributed by atoms with Gasteiger partial charge in [0, 0.05) is 41.0 Å². The zero-order chi connectivity index (χ0) is 14.7. The number of piperidine rings is 1. The summed E-state index contributed by atoms with van der Waals surface area (Å²) < 4.78 is 6.94. The molecule has 0 bridgehead atoms. The van der Waals surface area contributed by atoms with Crippen molar-refractivity contribution in [2.45, 2.75) is 25.0 Å². The smallest absolute Gasteiger partial charge is 0.181 e. The molecule has 1 aromatic heterocycles. The fourth-order valence-corrected chi connectivity index (χ4v) is 2.98. The molecule has 2 atom stereocenters. The zero-order valence-corrected chi connectivity index (χ0v) is 13.1. The van der Waals surface area contributed by atoms with Crippen LogP contribution >= 0.6 is 15.9 Å². The minimum Gasteiger partial charge on any atom is -0.475 e. The standard InChI is InChI=1S/C16H17BrN2O2/c17-12-2-1-3-14(8-12)21-16-5-4-11(10-19-16)15-9-13(20)6-7-18-15/h1-3,6-9,11,16,19H,4-5,10H2,(H,18,20). The Morgan fingerprint density at radius 3 is 2.81 bits per heavy atom. The zero-order valence-electron chi connectivity index (χ0n) is 11.5. The summed E-state index contributed by atoms with van der Waals surface area (Å²) in [5.41, 5.74) is 1.05. The van der Waals surface area contributed by atoms with Crippen LogP contribution in [-0.4, -0.2) is 17.8 Å². The number of benzene rings is 1. The Morgan fingerprint density at radius 1 is 1.19 bits per heavy atom. The van der Waals surface area contributed by atoms with Gasteiger partial charge in [0.1, 0.15) is 12.0 Å². The molecule has 0 aliphatic carbocycles. The Hall–Kier alpha value is -1.59. The minimum atomic E-state index is 0.0194. The van der Waals surface area contributed by atoms with E-state index < -0.39 is 0 Å². The average Bonchev–Trinajstić information content (AvgIpc) is 2.48. The van der Waals surface area contributed by atoms with E-state index in [1.165, 1.54) is 0 Å². The summed E-state index contributed by atoms with van der Waals surface area (Å²) in [5.74, 6) is 1.19. The van der Waals surface area contributed by atoms with E-state index >= 15 is 0 Å². The second kappa shape index (κ2) is 6.45. The fraction of sp³-hybridized carbons (Fsp3) is 0.312. The molecule has 1 aliphatic heterocycles. The van der Waals surface area contributed by atoms with Crippen molar-refractivity contribution in [3.05, 3.63) is 63.0 Å². The molecule has 2 aromatic rings. The van der Waals surface area contributed by atoms with Crippen LogP contribution in [0.4, 0.5) is 0 Å². The summed E-state index contributed by atoms with van der Waals surface area (Å²) in [6, 6.07) is 11.1. The quantitative estimate of drug-likeness (QED) is 0.896. The minimum absolute atomic E-state index is 0.0194. The lowest BCUT2D eigenvalue weighted by molar-refractivity contribution is 0.124. The molecule has 2 heterocycles. The van der Waals surface area contributed by atoms with Crippen LogP contribution < -0.4 is 15.5 Å². The molecule has 1 fully saturated rings. The van der Waals surface area contributed by atoms with E-state index in [0.29, 0.717) is 5.92 Å². The number of H-pyrrole nitrogens is 1. The Bertz CT molecular complexity index is 663. The molecule has 4 nitrogen and oxygen atoms in total. The normalized spacial score (nSPS) is 22.0. The van der Waals surface area contributed by atoms with Gasteiger partial charge >= 0.3 is 0 Å². The van der Waals surface area contributed by atoms with Gasteiger partial charge in [0.25, 0.3) is 0 Å². The first-order chi connectivity index (χ1) is 10.2. The number of ether oxygens (including phenoxy) is 1. The van der Waals surface area contributed by atoms with Crippen molar-refractivity contribution >= 4 is 15.9 Å². The SMILES string of the molecule is O=c1cc[nH]c(C2CCC(Oc3cccc(Br)c3)NC2)c1. The molecule has 2 N–H and O–H groups in total. The largest absolute Gasteiger partial charge is 0.475 e. The van der Waals surface area contributed by atoms with Crippen LogP contribution in [0.1, 0.15) is 24.5 Å². The van der Waals surface area contributed by atoms with Crippen molar-refractivity contribution < 1.29 is 4.74 Å². The lowest BCUT2D eigenvalue weighted by Gasteiger charge is -2.30. The topological polar surface area (TPSA) is 54.1 Å². The van der Waals surface area contributed by atoms with Gasteiger partial charge in [0.05, 0.1) is 0 Å². The van der Waals surface area contributed by atoms with E-state index in [1.54, 1.807) is 18.3 Å². The molecule has 5 heteroatoms. The summed E-state index contributed by atoms with van der Waals surface area (Å²) in [6.45, 7) is 0.804. The van der Waals surface area contributed by atoms with Gasteiger partial charge in [-0.3, -0.25) is 10.1 Å². The van der Waals surface area contributed by atoms with Crippen molar-refractivity contribution in [3.8, 4) is 5.75 Å². The highest BCUT2D eigenvalue weighted by Crippen LogP contribution is 2.25. The number of pyridine rings is 1. The van der Waals surface area contributed by atoms with Gasteiger partial charge in [-0.25, -0.2) is 0 Å². The molecule has 110 valence electrons. The van der Waals surface area contributed by atoms with Crippen LogP contribution in [0.5, 0.6) is 5.75 Å². The third kappa shape index (κ3) is 3.74. The second-order valence-corrected chi connectivity index (χ2v) is 6.14. The van der Waals surface area contributed by atoms with Crippen LogP contribution in [0.3, 0.4) is 0 Å². The van der Waals surface area contributed by atoms with Crippen molar-refractivity contribution in [1.82, 2.24) is 10.3 Å². The number of aromatic nitrogens is 1. The molecule has 0 amide bonds. The predicted octanol–water partition coefficient (Wildman–Crippen LogP) is 3.01. The summed E-state index contributed by atoms with van der Waals surface area (Å²) >= 11 is 3.44. The van der Waals surface area contributed by atoms with E-state index in [1.807, 2.05) is 24.3 Å². The Labute approximate surface area is 131 Å². The first kappa shape index (κ1) is 14.4. The maximum absolute atomic E-state index is 11.4. The van der Waals surface area contributed by atoms with Gasteiger partial charge in [0.2, 0.25) is 0 Å². The highest BCUT2D eigenvalue weighted by molar-refractivity contribution is 9.10.